The van der Waals surface area contributed by atoms with Crippen LogP contribution in [0.5, 0.6) is 0 Å². The van der Waals surface area contributed by atoms with Crippen LogP contribution >= 0.6 is 22.6 Å². The minimum Gasteiger partial charge on any atom is -0.355 e. The number of anilines is 2. The van der Waals surface area contributed by atoms with Crippen molar-refractivity contribution >= 4 is 39.7 Å². The Balaban J connectivity index is 2.35. The summed E-state index contributed by atoms with van der Waals surface area (Å²) in [4.78, 5) is 10.5. The van der Waals surface area contributed by atoms with E-state index in [0.29, 0.717) is 3.57 Å². The molecule has 0 aliphatic rings. The lowest BCUT2D eigenvalue weighted by Gasteiger charge is -2.23. The van der Waals surface area contributed by atoms with Crippen LogP contribution in [0.1, 0.15) is 26.3 Å². The highest BCUT2D eigenvalue weighted by Gasteiger charge is 2.18. The Hall–Kier alpha value is -1.63. The Morgan fingerprint density at radius 1 is 1.14 bits per heavy atom. The minimum atomic E-state index is -0.366. The maximum Gasteiger partial charge on any atom is 0.282 e. The van der Waals surface area contributed by atoms with Crippen LogP contribution in [0, 0.1) is 13.7 Å². The monoisotopic (exact) mass is 396 g/mol. The summed E-state index contributed by atoms with van der Waals surface area (Å²) >= 11 is 1.99. The summed E-state index contributed by atoms with van der Waals surface area (Å²) in [5.74, 6) is 0. The first kappa shape index (κ1) is 15.8. The summed E-state index contributed by atoms with van der Waals surface area (Å²) < 4.78 is 0.621. The Kier molecular flexibility index (Phi) is 4.51. The number of hydrogen-bond donors (Lipinski definition) is 1. The highest BCUT2D eigenvalue weighted by Crippen LogP contribution is 2.32. The molecule has 0 spiro atoms. The van der Waals surface area contributed by atoms with E-state index in [2.05, 4.69) is 32.2 Å². The zero-order chi connectivity index (χ0) is 15.6. The molecule has 0 fully saturated rings. The molecule has 4 nitrogen and oxygen atoms in total. The van der Waals surface area contributed by atoms with Crippen LogP contribution < -0.4 is 5.32 Å². The molecule has 2 rings (SSSR count). The van der Waals surface area contributed by atoms with Crippen LogP contribution in [-0.2, 0) is 5.41 Å². The normalized spacial score (nSPS) is 11.2. The predicted molar refractivity (Wildman–Crippen MR) is 94.2 cm³/mol. The van der Waals surface area contributed by atoms with E-state index in [4.69, 9.17) is 0 Å². The second-order valence-corrected chi connectivity index (χ2v) is 7.01. The molecular weight excluding hydrogens is 379 g/mol. The lowest BCUT2D eigenvalue weighted by molar-refractivity contribution is -0.385. The number of hydrogen-bond acceptors (Lipinski definition) is 3. The molecule has 0 aliphatic heterocycles. The molecule has 0 heterocycles. The first-order valence-electron chi connectivity index (χ1n) is 6.59. The van der Waals surface area contributed by atoms with E-state index in [1.807, 2.05) is 40.8 Å². The van der Waals surface area contributed by atoms with E-state index in [-0.39, 0.29) is 16.0 Å². The maximum absolute atomic E-state index is 10.9. The zero-order valence-corrected chi connectivity index (χ0v) is 14.3. The standard InChI is InChI=1S/C16H17IN2O2/c1-16(2,3)12-6-4-5-7-14(12)18-11-8-9-15(19(20)21)13(17)10-11/h4-10,18H,1-3H3. The highest BCUT2D eigenvalue weighted by atomic mass is 127. The fraction of sp³-hybridized carbons (Fsp3) is 0.250. The number of nitro benzene ring substituents is 1. The molecule has 0 atom stereocenters. The molecule has 0 saturated carbocycles. The zero-order valence-electron chi connectivity index (χ0n) is 12.2. The summed E-state index contributed by atoms with van der Waals surface area (Å²) in [5.41, 5.74) is 3.23. The number of nitro groups is 1. The van der Waals surface area contributed by atoms with E-state index in [9.17, 15) is 10.1 Å². The van der Waals surface area contributed by atoms with E-state index >= 15 is 0 Å². The molecule has 0 aromatic heterocycles. The van der Waals surface area contributed by atoms with Crippen LogP contribution in [0.4, 0.5) is 17.1 Å². The van der Waals surface area contributed by atoms with Gasteiger partial charge in [-0.3, -0.25) is 10.1 Å². The summed E-state index contributed by atoms with van der Waals surface area (Å²) in [6.07, 6.45) is 0. The van der Waals surface area contributed by atoms with Gasteiger partial charge in [-0.1, -0.05) is 39.0 Å². The van der Waals surface area contributed by atoms with Crippen molar-refractivity contribution in [1.29, 1.82) is 0 Å². The molecule has 0 bridgehead atoms. The number of nitrogens with zero attached hydrogens (tertiary/aromatic N) is 1. The lowest BCUT2D eigenvalue weighted by atomic mass is 9.86. The Morgan fingerprint density at radius 3 is 2.38 bits per heavy atom. The molecule has 0 unspecified atom stereocenters. The van der Waals surface area contributed by atoms with Crippen molar-refractivity contribution in [2.24, 2.45) is 0 Å². The molecule has 0 amide bonds. The van der Waals surface area contributed by atoms with Gasteiger partial charge < -0.3 is 5.32 Å². The van der Waals surface area contributed by atoms with Gasteiger partial charge in [0, 0.05) is 17.4 Å². The largest absolute Gasteiger partial charge is 0.355 e. The Morgan fingerprint density at radius 2 is 1.81 bits per heavy atom. The Labute approximate surface area is 137 Å². The SMILES string of the molecule is CC(C)(C)c1ccccc1Nc1ccc([N+](=O)[O-])c(I)c1. The number of benzene rings is 2. The van der Waals surface area contributed by atoms with Crippen LogP contribution in [0.2, 0.25) is 0 Å². The van der Waals surface area contributed by atoms with E-state index in [1.54, 1.807) is 12.1 Å². The van der Waals surface area contributed by atoms with Gasteiger partial charge in [-0.15, -0.1) is 0 Å². The predicted octanol–water partition coefficient (Wildman–Crippen LogP) is 5.24. The fourth-order valence-electron chi connectivity index (χ4n) is 2.13. The second-order valence-electron chi connectivity index (χ2n) is 5.84. The third-order valence-electron chi connectivity index (χ3n) is 3.16. The van der Waals surface area contributed by atoms with Gasteiger partial charge in [0.15, 0.2) is 0 Å². The van der Waals surface area contributed by atoms with Gasteiger partial charge in [-0.25, -0.2) is 0 Å². The van der Waals surface area contributed by atoms with Gasteiger partial charge in [-0.2, -0.15) is 0 Å². The summed E-state index contributed by atoms with van der Waals surface area (Å²) in [7, 11) is 0. The van der Waals surface area contributed by atoms with Gasteiger partial charge in [0.05, 0.1) is 8.49 Å². The van der Waals surface area contributed by atoms with Crippen LogP contribution in [0.3, 0.4) is 0 Å². The average molecular weight is 396 g/mol. The van der Waals surface area contributed by atoms with Crippen molar-refractivity contribution in [2.45, 2.75) is 26.2 Å². The highest BCUT2D eigenvalue weighted by molar-refractivity contribution is 14.1. The third-order valence-corrected chi connectivity index (χ3v) is 4.02. The summed E-state index contributed by atoms with van der Waals surface area (Å²) in [5, 5.41) is 14.2. The molecule has 2 aromatic carbocycles. The van der Waals surface area contributed by atoms with Crippen LogP contribution in [0.25, 0.3) is 0 Å². The number of para-hydroxylation sites is 1. The number of halogens is 1. The molecule has 0 saturated heterocycles. The average Bonchev–Trinajstić information content (AvgIpc) is 2.37. The summed E-state index contributed by atoms with van der Waals surface area (Å²) in [6, 6.07) is 13.2. The van der Waals surface area contributed by atoms with Crippen molar-refractivity contribution in [3.8, 4) is 0 Å². The van der Waals surface area contributed by atoms with E-state index in [0.717, 1.165) is 11.4 Å². The van der Waals surface area contributed by atoms with Crippen molar-refractivity contribution < 1.29 is 4.92 Å². The van der Waals surface area contributed by atoms with Crippen molar-refractivity contribution in [1.82, 2.24) is 0 Å². The van der Waals surface area contributed by atoms with Gasteiger partial charge in [-0.05, 0) is 51.8 Å². The molecule has 21 heavy (non-hydrogen) atoms. The van der Waals surface area contributed by atoms with E-state index < -0.39 is 0 Å². The quantitative estimate of drug-likeness (QED) is 0.439. The summed E-state index contributed by atoms with van der Waals surface area (Å²) in [6.45, 7) is 6.48. The van der Waals surface area contributed by atoms with Crippen molar-refractivity contribution in [3.63, 3.8) is 0 Å². The van der Waals surface area contributed by atoms with Crippen molar-refractivity contribution in [2.75, 3.05) is 5.32 Å². The molecular formula is C16H17IN2O2. The molecule has 0 aliphatic carbocycles. The van der Waals surface area contributed by atoms with Gasteiger partial charge in [0.1, 0.15) is 0 Å². The van der Waals surface area contributed by atoms with Crippen LogP contribution in [-0.4, -0.2) is 4.92 Å². The molecule has 1 N–H and O–H groups in total. The van der Waals surface area contributed by atoms with Gasteiger partial charge in [0.25, 0.3) is 5.69 Å². The van der Waals surface area contributed by atoms with Gasteiger partial charge in [0.2, 0.25) is 0 Å². The van der Waals surface area contributed by atoms with Gasteiger partial charge >= 0.3 is 0 Å². The lowest BCUT2D eigenvalue weighted by Crippen LogP contribution is -2.13. The molecule has 110 valence electrons. The second kappa shape index (κ2) is 6.01. The van der Waals surface area contributed by atoms with E-state index in [1.165, 1.54) is 11.6 Å². The number of rotatable bonds is 3. The smallest absolute Gasteiger partial charge is 0.282 e. The molecule has 2 aromatic rings. The minimum absolute atomic E-state index is 0.0253. The molecule has 5 heteroatoms. The third kappa shape index (κ3) is 3.72. The maximum atomic E-state index is 10.9. The molecule has 0 radical (unpaired) electrons. The number of nitrogens with one attached hydrogen (secondary N) is 1. The first-order valence-corrected chi connectivity index (χ1v) is 7.67. The van der Waals surface area contributed by atoms with Crippen LogP contribution in [0.15, 0.2) is 42.5 Å². The van der Waals surface area contributed by atoms with Crippen molar-refractivity contribution in [3.05, 3.63) is 61.7 Å². The Bertz CT molecular complexity index is 678. The first-order chi connectivity index (χ1) is 9.79. The fourth-order valence-corrected chi connectivity index (χ4v) is 2.85. The topological polar surface area (TPSA) is 55.2 Å².